The van der Waals surface area contributed by atoms with Crippen LogP contribution in [-0.2, 0) is 4.79 Å². The summed E-state index contributed by atoms with van der Waals surface area (Å²) in [5.41, 5.74) is 0.648. The molecule has 1 atom stereocenters. The molecule has 3 heteroatoms. The van der Waals surface area contributed by atoms with Gasteiger partial charge in [0.25, 0.3) is 0 Å². The van der Waals surface area contributed by atoms with Crippen molar-refractivity contribution in [3.63, 3.8) is 0 Å². The summed E-state index contributed by atoms with van der Waals surface area (Å²) in [5.74, 6) is -0.247. The third-order valence-electron chi connectivity index (χ3n) is 4.13. The fourth-order valence-electron chi connectivity index (χ4n) is 2.99. The Balaban J connectivity index is 2.06. The minimum absolute atomic E-state index is 0.0208. The van der Waals surface area contributed by atoms with Gasteiger partial charge in [0.1, 0.15) is 5.92 Å². The molecule has 1 aliphatic rings. The Morgan fingerprint density at radius 1 is 1.25 bits per heavy atom. The summed E-state index contributed by atoms with van der Waals surface area (Å²) < 4.78 is 0. The zero-order valence-electron chi connectivity index (χ0n) is 11.6. The first-order valence-corrected chi connectivity index (χ1v) is 7.77. The lowest BCUT2D eigenvalue weighted by Gasteiger charge is -2.16. The molecule has 0 aliphatic heterocycles. The average Bonchev–Trinajstić information content (AvgIpc) is 2.70. The maximum Gasteiger partial charge on any atom is 0.154 e. The van der Waals surface area contributed by atoms with Crippen molar-refractivity contribution < 1.29 is 4.79 Å². The van der Waals surface area contributed by atoms with Crippen molar-refractivity contribution in [2.75, 3.05) is 0 Å². The highest BCUT2D eigenvalue weighted by atomic mass is 35.5. The van der Waals surface area contributed by atoms with Gasteiger partial charge in [0.05, 0.1) is 6.07 Å². The second kappa shape index (κ2) is 7.45. The number of Topliss-reactive ketones (excluding diaryl/α,β-unsaturated/α-hetero) is 1. The van der Waals surface area contributed by atoms with Gasteiger partial charge >= 0.3 is 0 Å². The Hall–Kier alpha value is -1.33. The van der Waals surface area contributed by atoms with Crippen LogP contribution in [0.2, 0.25) is 5.02 Å². The van der Waals surface area contributed by atoms with Crippen LogP contribution < -0.4 is 0 Å². The first-order chi connectivity index (χ1) is 9.72. The number of hydrogen-bond donors (Lipinski definition) is 0. The van der Waals surface area contributed by atoms with Crippen LogP contribution in [0.5, 0.6) is 0 Å². The van der Waals surface area contributed by atoms with Crippen LogP contribution >= 0.6 is 11.6 Å². The Bertz CT molecular complexity index is 498. The lowest BCUT2D eigenvalue weighted by Crippen LogP contribution is -2.16. The van der Waals surface area contributed by atoms with Gasteiger partial charge in [-0.3, -0.25) is 4.79 Å². The van der Waals surface area contributed by atoms with Crippen molar-refractivity contribution in [2.45, 2.75) is 50.9 Å². The molecule has 2 nitrogen and oxygen atoms in total. The van der Waals surface area contributed by atoms with Gasteiger partial charge in [-0.05, 0) is 17.5 Å². The molecule has 1 fully saturated rings. The Kier molecular flexibility index (Phi) is 5.61. The van der Waals surface area contributed by atoms with Crippen LogP contribution in [-0.4, -0.2) is 5.78 Å². The average molecular weight is 290 g/mol. The molecule has 0 saturated heterocycles. The van der Waals surface area contributed by atoms with E-state index in [2.05, 4.69) is 6.07 Å². The van der Waals surface area contributed by atoms with Gasteiger partial charge < -0.3 is 0 Å². The normalized spacial score (nSPS) is 18.0. The molecule has 0 aromatic heterocycles. The second-order valence-electron chi connectivity index (χ2n) is 5.61. The highest BCUT2D eigenvalue weighted by molar-refractivity contribution is 6.31. The topological polar surface area (TPSA) is 40.9 Å². The number of nitrogens with zero attached hydrogens (tertiary/aromatic N) is 1. The quantitative estimate of drug-likeness (QED) is 0.741. The van der Waals surface area contributed by atoms with Crippen LogP contribution in [0.1, 0.15) is 56.4 Å². The van der Waals surface area contributed by atoms with E-state index >= 15 is 0 Å². The summed E-state index contributed by atoms with van der Waals surface area (Å²) in [6.45, 7) is 0. The van der Waals surface area contributed by atoms with Crippen molar-refractivity contribution in [1.82, 2.24) is 0 Å². The molecule has 0 amide bonds. The van der Waals surface area contributed by atoms with E-state index in [1.165, 1.54) is 25.7 Å². The molecular formula is C17H20ClNO. The fraction of sp³-hybridized carbons (Fsp3) is 0.529. The minimum Gasteiger partial charge on any atom is -0.298 e. The van der Waals surface area contributed by atoms with Crippen molar-refractivity contribution in [1.29, 1.82) is 5.26 Å². The molecule has 106 valence electrons. The van der Waals surface area contributed by atoms with Gasteiger partial charge in [-0.2, -0.15) is 5.26 Å². The third kappa shape index (κ3) is 3.84. The van der Waals surface area contributed by atoms with Gasteiger partial charge in [-0.25, -0.2) is 0 Å². The Labute approximate surface area is 125 Å². The molecule has 1 saturated carbocycles. The summed E-state index contributed by atoms with van der Waals surface area (Å²) in [7, 11) is 0. The maximum absolute atomic E-state index is 12.4. The van der Waals surface area contributed by atoms with E-state index in [0.29, 0.717) is 22.9 Å². The molecule has 0 heterocycles. The predicted molar refractivity (Wildman–Crippen MR) is 80.6 cm³/mol. The largest absolute Gasteiger partial charge is 0.298 e. The summed E-state index contributed by atoms with van der Waals surface area (Å²) >= 11 is 6.11. The van der Waals surface area contributed by atoms with Gasteiger partial charge in [0, 0.05) is 11.4 Å². The molecule has 0 spiro atoms. The first kappa shape index (κ1) is 15.1. The summed E-state index contributed by atoms with van der Waals surface area (Å²) in [4.78, 5) is 12.4. The second-order valence-corrected chi connectivity index (χ2v) is 6.02. The third-order valence-corrected chi connectivity index (χ3v) is 4.48. The number of hydrogen-bond acceptors (Lipinski definition) is 2. The minimum atomic E-state index is -0.716. The van der Waals surface area contributed by atoms with Crippen molar-refractivity contribution >= 4 is 17.4 Å². The summed E-state index contributed by atoms with van der Waals surface area (Å²) in [5, 5.41) is 9.84. The van der Waals surface area contributed by atoms with E-state index in [-0.39, 0.29) is 5.78 Å². The predicted octanol–water partition coefficient (Wildman–Crippen LogP) is 4.88. The number of nitriles is 1. The number of ketones is 1. The number of halogens is 1. The first-order valence-electron chi connectivity index (χ1n) is 7.39. The smallest absolute Gasteiger partial charge is 0.154 e. The Morgan fingerprint density at radius 3 is 2.50 bits per heavy atom. The van der Waals surface area contributed by atoms with E-state index in [9.17, 15) is 10.1 Å². The molecule has 1 aromatic rings. The van der Waals surface area contributed by atoms with Crippen LogP contribution in [0.3, 0.4) is 0 Å². The number of rotatable bonds is 4. The van der Waals surface area contributed by atoms with Crippen molar-refractivity contribution in [3.8, 4) is 6.07 Å². The zero-order chi connectivity index (χ0) is 14.4. The highest BCUT2D eigenvalue weighted by Gasteiger charge is 2.25. The van der Waals surface area contributed by atoms with E-state index < -0.39 is 5.92 Å². The Morgan fingerprint density at radius 2 is 1.90 bits per heavy atom. The standard InChI is InChI=1S/C17H20ClNO/c18-16-10-6-5-9-14(16)15(12-19)17(20)11-13-7-3-1-2-4-8-13/h5-6,9-10,13,15H,1-4,7-8,11H2. The van der Waals surface area contributed by atoms with E-state index in [4.69, 9.17) is 11.6 Å². The van der Waals surface area contributed by atoms with E-state index in [1.54, 1.807) is 12.1 Å². The molecule has 0 bridgehead atoms. The van der Waals surface area contributed by atoms with Crippen molar-refractivity contribution in [2.24, 2.45) is 5.92 Å². The molecule has 20 heavy (non-hydrogen) atoms. The van der Waals surface area contributed by atoms with Gasteiger partial charge in [0.15, 0.2) is 5.78 Å². The van der Waals surface area contributed by atoms with E-state index in [1.807, 2.05) is 12.1 Å². The number of carbonyl (C=O) groups is 1. The summed E-state index contributed by atoms with van der Waals surface area (Å²) in [6.07, 6.45) is 7.72. The maximum atomic E-state index is 12.4. The fourth-order valence-corrected chi connectivity index (χ4v) is 3.24. The lowest BCUT2D eigenvalue weighted by atomic mass is 9.87. The SMILES string of the molecule is N#CC(C(=O)CC1CCCCCC1)c1ccccc1Cl. The molecule has 1 aliphatic carbocycles. The molecular weight excluding hydrogens is 270 g/mol. The summed E-state index contributed by atoms with van der Waals surface area (Å²) in [6, 6.07) is 9.28. The van der Waals surface area contributed by atoms with E-state index in [0.717, 1.165) is 12.8 Å². The lowest BCUT2D eigenvalue weighted by molar-refractivity contribution is -0.120. The molecule has 0 radical (unpaired) electrons. The van der Waals surface area contributed by atoms with Gasteiger partial charge in [-0.15, -0.1) is 0 Å². The molecule has 0 N–H and O–H groups in total. The van der Waals surface area contributed by atoms with Crippen molar-refractivity contribution in [3.05, 3.63) is 34.9 Å². The molecule has 1 aromatic carbocycles. The van der Waals surface area contributed by atoms with Gasteiger partial charge in [-0.1, -0.05) is 68.3 Å². The van der Waals surface area contributed by atoms with Crippen LogP contribution in [0.4, 0.5) is 0 Å². The van der Waals surface area contributed by atoms with Crippen LogP contribution in [0.25, 0.3) is 0 Å². The highest BCUT2D eigenvalue weighted by Crippen LogP contribution is 2.30. The number of carbonyl (C=O) groups excluding carboxylic acids is 1. The molecule has 1 unspecified atom stereocenters. The van der Waals surface area contributed by atoms with Gasteiger partial charge in [0.2, 0.25) is 0 Å². The van der Waals surface area contributed by atoms with Crippen LogP contribution in [0.15, 0.2) is 24.3 Å². The zero-order valence-corrected chi connectivity index (χ0v) is 12.4. The monoisotopic (exact) mass is 289 g/mol. The number of benzene rings is 1. The molecule has 2 rings (SSSR count). The van der Waals surface area contributed by atoms with Crippen LogP contribution in [0, 0.1) is 17.2 Å².